The molecule has 7 heteroatoms. The number of piperazine rings is 1. The highest BCUT2D eigenvalue weighted by Gasteiger charge is 2.38. The predicted molar refractivity (Wildman–Crippen MR) is 98.2 cm³/mol. The van der Waals surface area contributed by atoms with E-state index < -0.39 is 0 Å². The zero-order chi connectivity index (χ0) is 17.4. The minimum absolute atomic E-state index is 0.0462. The van der Waals surface area contributed by atoms with Gasteiger partial charge in [-0.2, -0.15) is 0 Å². The van der Waals surface area contributed by atoms with Crippen molar-refractivity contribution in [2.75, 3.05) is 37.7 Å². The Morgan fingerprint density at radius 2 is 1.84 bits per heavy atom. The third kappa shape index (κ3) is 2.99. The summed E-state index contributed by atoms with van der Waals surface area (Å²) >= 11 is 0. The van der Waals surface area contributed by atoms with E-state index in [1.807, 2.05) is 0 Å². The Hall–Kier alpha value is -2.09. The lowest BCUT2D eigenvalue weighted by atomic mass is 9.94. The minimum atomic E-state index is -0.196. The van der Waals surface area contributed by atoms with Gasteiger partial charge in [-0.15, -0.1) is 0 Å². The lowest BCUT2D eigenvalue weighted by Gasteiger charge is -2.35. The van der Waals surface area contributed by atoms with Gasteiger partial charge < -0.3 is 15.5 Å². The molecule has 1 amide bonds. The number of hydrazine groups is 1. The number of nitrogens with zero attached hydrogens (tertiary/aromatic N) is 2. The van der Waals surface area contributed by atoms with E-state index in [-0.39, 0.29) is 18.1 Å². The topological polar surface area (TPSA) is 71.7 Å². The molecule has 0 aliphatic carbocycles. The van der Waals surface area contributed by atoms with E-state index in [1.165, 1.54) is 5.69 Å². The van der Waals surface area contributed by atoms with Crippen LogP contribution in [-0.2, 0) is 4.79 Å². The first-order valence-corrected chi connectivity index (χ1v) is 9.02. The molecule has 0 saturated carbocycles. The van der Waals surface area contributed by atoms with E-state index in [4.69, 9.17) is 0 Å². The Bertz CT molecular complexity index is 677. The van der Waals surface area contributed by atoms with E-state index >= 15 is 0 Å². The first-order valence-electron chi connectivity index (χ1n) is 9.02. The van der Waals surface area contributed by atoms with E-state index in [9.17, 15) is 4.79 Å². The van der Waals surface area contributed by atoms with Crippen molar-refractivity contribution in [1.29, 1.82) is 0 Å². The molecular weight excluding hydrogens is 316 g/mol. The van der Waals surface area contributed by atoms with Crippen molar-refractivity contribution in [2.45, 2.75) is 20.1 Å². The lowest BCUT2D eigenvalue weighted by molar-refractivity contribution is -0.132. The largest absolute Gasteiger partial charge is 0.369 e. The molecule has 0 spiro atoms. The molecule has 7 nitrogen and oxygen atoms in total. The number of carbonyl (C=O) groups excluding carboxylic acids is 1. The summed E-state index contributed by atoms with van der Waals surface area (Å²) in [7, 11) is 0. The normalized spacial score (nSPS) is 24.0. The zero-order valence-electron chi connectivity index (χ0n) is 14.8. The van der Waals surface area contributed by atoms with E-state index in [0.29, 0.717) is 6.67 Å². The highest BCUT2D eigenvalue weighted by atomic mass is 16.2. The maximum absolute atomic E-state index is 12.9. The molecule has 0 bridgehead atoms. The van der Waals surface area contributed by atoms with Gasteiger partial charge in [-0.05, 0) is 23.6 Å². The molecule has 2 fully saturated rings. The number of anilines is 1. The minimum Gasteiger partial charge on any atom is -0.369 e. The van der Waals surface area contributed by atoms with Gasteiger partial charge >= 0.3 is 0 Å². The Morgan fingerprint density at radius 3 is 2.52 bits per heavy atom. The maximum Gasteiger partial charge on any atom is 0.269 e. The summed E-state index contributed by atoms with van der Waals surface area (Å²) < 4.78 is 0. The van der Waals surface area contributed by atoms with Crippen molar-refractivity contribution in [3.05, 3.63) is 35.4 Å². The summed E-state index contributed by atoms with van der Waals surface area (Å²) in [5, 5.41) is 11.7. The number of nitrogens with one attached hydrogen (secondary N) is 4. The molecule has 3 heterocycles. The van der Waals surface area contributed by atoms with Gasteiger partial charge in [-0.1, -0.05) is 26.0 Å². The number of rotatable bonds is 3. The van der Waals surface area contributed by atoms with Crippen molar-refractivity contribution >= 4 is 17.3 Å². The second kappa shape index (κ2) is 6.67. The zero-order valence-corrected chi connectivity index (χ0v) is 14.8. The second-order valence-corrected chi connectivity index (χ2v) is 6.99. The fourth-order valence-electron chi connectivity index (χ4n) is 3.70. The van der Waals surface area contributed by atoms with E-state index in [2.05, 4.69) is 64.4 Å². The third-order valence-electron chi connectivity index (χ3n) is 5.02. The monoisotopic (exact) mass is 342 g/mol. The van der Waals surface area contributed by atoms with Crippen molar-refractivity contribution in [3.8, 4) is 0 Å². The van der Waals surface area contributed by atoms with Gasteiger partial charge in [0.2, 0.25) is 0 Å². The van der Waals surface area contributed by atoms with E-state index in [0.717, 1.165) is 43.0 Å². The summed E-state index contributed by atoms with van der Waals surface area (Å²) in [6.07, 6.45) is -0.196. The van der Waals surface area contributed by atoms with Crippen LogP contribution in [0.3, 0.4) is 0 Å². The Kier molecular flexibility index (Phi) is 4.37. The van der Waals surface area contributed by atoms with Gasteiger partial charge in [-0.25, -0.2) is 10.4 Å². The Morgan fingerprint density at radius 1 is 1.12 bits per heavy atom. The van der Waals surface area contributed by atoms with Gasteiger partial charge in [0.1, 0.15) is 0 Å². The number of carbonyl (C=O) groups is 1. The number of amides is 1. The van der Waals surface area contributed by atoms with Crippen LogP contribution in [-0.4, -0.2) is 50.1 Å². The Balaban J connectivity index is 1.65. The number of benzene rings is 1. The van der Waals surface area contributed by atoms with Gasteiger partial charge in [0.15, 0.2) is 6.29 Å². The molecule has 3 aliphatic rings. The molecule has 0 aromatic heterocycles. The fourth-order valence-corrected chi connectivity index (χ4v) is 3.70. The van der Waals surface area contributed by atoms with Crippen molar-refractivity contribution in [3.63, 3.8) is 0 Å². The van der Waals surface area contributed by atoms with Crippen LogP contribution >= 0.6 is 0 Å². The summed E-state index contributed by atoms with van der Waals surface area (Å²) in [5.74, 6) is 0.191. The van der Waals surface area contributed by atoms with Gasteiger partial charge in [0.05, 0.1) is 12.4 Å². The molecule has 3 aliphatic heterocycles. The summed E-state index contributed by atoms with van der Waals surface area (Å²) in [5.41, 5.74) is 7.13. The number of fused-ring (bicyclic) bond motifs is 1. The average Bonchev–Trinajstić information content (AvgIpc) is 3.11. The van der Waals surface area contributed by atoms with Gasteiger partial charge in [-0.3, -0.25) is 10.1 Å². The SMILES string of the molecule is CC(C)C1=C(c2ccc(N3CCNCC3)cc2)NC2NCNN2C1=O. The highest BCUT2D eigenvalue weighted by molar-refractivity contribution is 6.02. The smallest absolute Gasteiger partial charge is 0.269 e. The maximum atomic E-state index is 12.9. The quantitative estimate of drug-likeness (QED) is 0.631. The molecular formula is C18H26N6O. The van der Waals surface area contributed by atoms with Gasteiger partial charge in [0.25, 0.3) is 5.91 Å². The van der Waals surface area contributed by atoms with Crippen LogP contribution in [0.5, 0.6) is 0 Å². The van der Waals surface area contributed by atoms with Crippen LogP contribution in [0.25, 0.3) is 5.70 Å². The van der Waals surface area contributed by atoms with Crippen LogP contribution in [0, 0.1) is 5.92 Å². The first kappa shape index (κ1) is 16.4. The van der Waals surface area contributed by atoms with Crippen LogP contribution in [0.2, 0.25) is 0 Å². The predicted octanol–water partition coefficient (Wildman–Crippen LogP) is 0.244. The molecule has 1 aromatic rings. The Labute approximate surface area is 148 Å². The lowest BCUT2D eigenvalue weighted by Crippen LogP contribution is -2.56. The van der Waals surface area contributed by atoms with Crippen LogP contribution in [0.1, 0.15) is 19.4 Å². The molecule has 1 unspecified atom stereocenters. The third-order valence-corrected chi connectivity index (χ3v) is 5.02. The summed E-state index contributed by atoms with van der Waals surface area (Å²) in [6, 6.07) is 8.55. The van der Waals surface area contributed by atoms with Crippen LogP contribution in [0.15, 0.2) is 29.8 Å². The molecule has 4 rings (SSSR count). The van der Waals surface area contributed by atoms with Crippen LogP contribution < -0.4 is 26.3 Å². The average molecular weight is 342 g/mol. The van der Waals surface area contributed by atoms with E-state index in [1.54, 1.807) is 5.01 Å². The van der Waals surface area contributed by atoms with Crippen molar-refractivity contribution in [2.24, 2.45) is 5.92 Å². The first-order chi connectivity index (χ1) is 12.1. The molecule has 2 saturated heterocycles. The number of hydrogen-bond donors (Lipinski definition) is 4. The molecule has 4 N–H and O–H groups in total. The van der Waals surface area contributed by atoms with Crippen LogP contribution in [0.4, 0.5) is 5.69 Å². The standard InChI is InChI=1S/C18H26N6O/c1-12(2)15-16(22-18-20-11-21-24(18)17(15)25)13-3-5-14(6-4-13)23-9-7-19-8-10-23/h3-6,12,18-22H,7-11H2,1-2H3. The van der Waals surface area contributed by atoms with Crippen molar-refractivity contribution < 1.29 is 4.79 Å². The second-order valence-electron chi connectivity index (χ2n) is 6.99. The van der Waals surface area contributed by atoms with Gasteiger partial charge in [0, 0.05) is 37.4 Å². The molecule has 0 radical (unpaired) electrons. The summed E-state index contributed by atoms with van der Waals surface area (Å²) in [4.78, 5) is 15.2. The van der Waals surface area contributed by atoms with Crippen molar-refractivity contribution in [1.82, 2.24) is 26.4 Å². The molecule has 1 atom stereocenters. The molecule has 1 aromatic carbocycles. The molecule has 134 valence electrons. The fraction of sp³-hybridized carbons (Fsp3) is 0.500. The number of hydrogen-bond acceptors (Lipinski definition) is 6. The highest BCUT2D eigenvalue weighted by Crippen LogP contribution is 2.29. The summed E-state index contributed by atoms with van der Waals surface area (Å²) in [6.45, 7) is 8.82. The molecule has 25 heavy (non-hydrogen) atoms.